The molecule has 0 bridgehead atoms. The summed E-state index contributed by atoms with van der Waals surface area (Å²) in [6, 6.07) is 14.9. The van der Waals surface area contributed by atoms with Crippen molar-refractivity contribution in [2.24, 2.45) is 0 Å². The second-order valence-electron chi connectivity index (χ2n) is 11.4. The average Bonchev–Trinajstić information content (AvgIpc) is 3.00. The summed E-state index contributed by atoms with van der Waals surface area (Å²) in [6.07, 6.45) is -0.478. The van der Waals surface area contributed by atoms with Crippen LogP contribution in [0, 0.1) is 0 Å². The van der Waals surface area contributed by atoms with Crippen LogP contribution < -0.4 is 31.3 Å². The highest BCUT2D eigenvalue weighted by atomic mass is 16.6. The normalized spacial score (nSPS) is 11.1. The van der Waals surface area contributed by atoms with Crippen molar-refractivity contribution < 1.29 is 28.5 Å². The summed E-state index contributed by atoms with van der Waals surface area (Å²) in [6.45, 7) is 12.0. The second kappa shape index (κ2) is 18.3. The highest BCUT2D eigenvalue weighted by Gasteiger charge is 2.15. The number of hydrogen-bond donors (Lipinski definition) is 5. The molecule has 250 valence electrons. The van der Waals surface area contributed by atoms with Gasteiger partial charge in [-0.2, -0.15) is 15.0 Å². The van der Waals surface area contributed by atoms with Crippen LogP contribution in [0.3, 0.4) is 0 Å². The Morgan fingerprint density at radius 1 is 0.783 bits per heavy atom. The van der Waals surface area contributed by atoms with Crippen molar-refractivity contribution in [1.29, 1.82) is 0 Å². The lowest BCUT2D eigenvalue weighted by molar-refractivity contribution is 0.0400. The van der Waals surface area contributed by atoms with E-state index in [9.17, 15) is 9.59 Å². The first kappa shape index (κ1) is 35.8. The fraction of sp³-hybridized carbons (Fsp3) is 0.469. The van der Waals surface area contributed by atoms with Gasteiger partial charge in [-0.05, 0) is 76.6 Å². The van der Waals surface area contributed by atoms with Crippen molar-refractivity contribution in [1.82, 2.24) is 25.6 Å². The van der Waals surface area contributed by atoms with E-state index >= 15 is 0 Å². The summed E-state index contributed by atoms with van der Waals surface area (Å²) in [5.41, 5.74) is 1.73. The molecule has 14 heteroatoms. The SMILES string of the molecule is COc1ccc(CNc2nc(Nc3ccc(C(=O)NCCOCCOCCNC(=O)OC(C)(C)C)cc3)nc(NC(C)C)n2)cc1. The molecule has 0 spiro atoms. The van der Waals surface area contributed by atoms with Gasteiger partial charge < -0.3 is 45.5 Å². The van der Waals surface area contributed by atoms with Crippen molar-refractivity contribution in [2.75, 3.05) is 62.6 Å². The zero-order valence-corrected chi connectivity index (χ0v) is 27.4. The first-order valence-corrected chi connectivity index (χ1v) is 15.2. The average molecular weight is 639 g/mol. The fourth-order valence-electron chi connectivity index (χ4n) is 3.79. The van der Waals surface area contributed by atoms with Gasteiger partial charge in [-0.3, -0.25) is 4.79 Å². The van der Waals surface area contributed by atoms with Gasteiger partial charge >= 0.3 is 6.09 Å². The van der Waals surface area contributed by atoms with Crippen LogP contribution in [-0.2, 0) is 20.8 Å². The molecule has 0 radical (unpaired) electrons. The quantitative estimate of drug-likeness (QED) is 0.125. The van der Waals surface area contributed by atoms with Gasteiger partial charge in [-0.1, -0.05) is 12.1 Å². The molecule has 0 saturated heterocycles. The number of anilines is 4. The Balaban J connectivity index is 1.39. The molecule has 46 heavy (non-hydrogen) atoms. The van der Waals surface area contributed by atoms with Crippen LogP contribution in [0.25, 0.3) is 0 Å². The molecule has 2 aromatic carbocycles. The molecule has 0 fully saturated rings. The van der Waals surface area contributed by atoms with E-state index in [1.807, 2.05) is 38.1 Å². The highest BCUT2D eigenvalue weighted by Crippen LogP contribution is 2.18. The molecule has 14 nitrogen and oxygen atoms in total. The number of amides is 2. The molecule has 0 aliphatic heterocycles. The number of nitrogens with one attached hydrogen (secondary N) is 5. The molecule has 3 rings (SSSR count). The monoisotopic (exact) mass is 638 g/mol. The molecule has 1 heterocycles. The first-order chi connectivity index (χ1) is 22.0. The molecule has 3 aromatic rings. The van der Waals surface area contributed by atoms with Crippen molar-refractivity contribution in [3.05, 3.63) is 59.7 Å². The van der Waals surface area contributed by atoms with Crippen LogP contribution in [0.2, 0.25) is 0 Å². The van der Waals surface area contributed by atoms with Crippen LogP contribution >= 0.6 is 0 Å². The minimum Gasteiger partial charge on any atom is -0.497 e. The van der Waals surface area contributed by atoms with E-state index in [1.165, 1.54) is 0 Å². The van der Waals surface area contributed by atoms with Gasteiger partial charge in [0.2, 0.25) is 17.8 Å². The summed E-state index contributed by atoms with van der Waals surface area (Å²) in [5, 5.41) is 15.1. The summed E-state index contributed by atoms with van der Waals surface area (Å²) < 4.78 is 21.3. The Hall–Kier alpha value is -4.69. The molecule has 5 N–H and O–H groups in total. The van der Waals surface area contributed by atoms with Gasteiger partial charge in [0, 0.05) is 36.9 Å². The number of carbonyl (C=O) groups excluding carboxylic acids is 2. The standard InChI is InChI=1S/C32H46N8O6/c1-22(2)36-29-38-28(35-21-23-7-13-26(43-6)14-8-23)39-30(40-29)37-25-11-9-24(10-12-25)27(41)33-15-17-44-19-20-45-18-16-34-31(42)46-32(3,4)5/h7-14,22H,15-21H2,1-6H3,(H,33,41)(H,34,42)(H3,35,36,37,38,39,40). The number of carbonyl (C=O) groups is 2. The molecule has 0 aliphatic carbocycles. The largest absolute Gasteiger partial charge is 0.497 e. The molecular weight excluding hydrogens is 592 g/mol. The number of alkyl carbamates (subject to hydrolysis) is 1. The maximum atomic E-state index is 12.6. The van der Waals surface area contributed by atoms with Gasteiger partial charge in [0.05, 0.1) is 33.5 Å². The van der Waals surface area contributed by atoms with Gasteiger partial charge in [0.15, 0.2) is 0 Å². The molecule has 2 amide bonds. The zero-order valence-electron chi connectivity index (χ0n) is 27.4. The molecule has 1 aromatic heterocycles. The van der Waals surface area contributed by atoms with Crippen molar-refractivity contribution in [3.63, 3.8) is 0 Å². The topological polar surface area (TPSA) is 170 Å². The fourth-order valence-corrected chi connectivity index (χ4v) is 3.79. The third-order valence-electron chi connectivity index (χ3n) is 5.88. The maximum absolute atomic E-state index is 12.6. The van der Waals surface area contributed by atoms with Crippen LogP contribution in [-0.4, -0.2) is 85.2 Å². The van der Waals surface area contributed by atoms with Crippen molar-refractivity contribution >= 4 is 35.5 Å². The van der Waals surface area contributed by atoms with Gasteiger partial charge in [-0.15, -0.1) is 0 Å². The van der Waals surface area contributed by atoms with Gasteiger partial charge in [0.25, 0.3) is 5.91 Å². The van der Waals surface area contributed by atoms with E-state index in [4.69, 9.17) is 18.9 Å². The summed E-state index contributed by atoms with van der Waals surface area (Å²) in [7, 11) is 1.63. The predicted octanol–water partition coefficient (Wildman–Crippen LogP) is 4.34. The van der Waals surface area contributed by atoms with Crippen LogP contribution in [0.15, 0.2) is 48.5 Å². The van der Waals surface area contributed by atoms with Gasteiger partial charge in [-0.25, -0.2) is 4.79 Å². The first-order valence-electron chi connectivity index (χ1n) is 15.2. The maximum Gasteiger partial charge on any atom is 0.407 e. The third-order valence-corrected chi connectivity index (χ3v) is 5.88. The predicted molar refractivity (Wildman–Crippen MR) is 177 cm³/mol. The lowest BCUT2D eigenvalue weighted by Gasteiger charge is -2.19. The minimum absolute atomic E-state index is 0.126. The third kappa shape index (κ3) is 13.9. The van der Waals surface area contributed by atoms with E-state index in [1.54, 1.807) is 52.1 Å². The van der Waals surface area contributed by atoms with Gasteiger partial charge in [0.1, 0.15) is 11.4 Å². The van der Waals surface area contributed by atoms with E-state index in [-0.39, 0.29) is 11.9 Å². The Bertz CT molecular complexity index is 1360. The van der Waals surface area contributed by atoms with E-state index in [2.05, 4.69) is 41.5 Å². The highest BCUT2D eigenvalue weighted by molar-refractivity contribution is 5.94. The minimum atomic E-state index is -0.538. The van der Waals surface area contributed by atoms with E-state index in [0.29, 0.717) is 75.2 Å². The summed E-state index contributed by atoms with van der Waals surface area (Å²) in [5.74, 6) is 1.78. The Labute approximate surface area is 270 Å². The smallest absolute Gasteiger partial charge is 0.407 e. The van der Waals surface area contributed by atoms with Crippen molar-refractivity contribution in [2.45, 2.75) is 52.8 Å². The van der Waals surface area contributed by atoms with Crippen LogP contribution in [0.1, 0.15) is 50.5 Å². The van der Waals surface area contributed by atoms with E-state index < -0.39 is 11.7 Å². The van der Waals surface area contributed by atoms with E-state index in [0.717, 1.165) is 11.3 Å². The lowest BCUT2D eigenvalue weighted by atomic mass is 10.2. The Kier molecular flexibility index (Phi) is 14.3. The molecule has 0 saturated carbocycles. The summed E-state index contributed by atoms with van der Waals surface area (Å²) in [4.78, 5) is 37.6. The lowest BCUT2D eigenvalue weighted by Crippen LogP contribution is -2.34. The summed E-state index contributed by atoms with van der Waals surface area (Å²) >= 11 is 0. The number of methoxy groups -OCH3 is 1. The van der Waals surface area contributed by atoms with Crippen molar-refractivity contribution in [3.8, 4) is 5.75 Å². The Morgan fingerprint density at radius 3 is 2.00 bits per heavy atom. The van der Waals surface area contributed by atoms with Crippen LogP contribution in [0.4, 0.5) is 28.3 Å². The molecule has 0 atom stereocenters. The number of ether oxygens (including phenoxy) is 4. The zero-order chi connectivity index (χ0) is 33.4. The number of rotatable bonds is 18. The molecular formula is C32H46N8O6. The Morgan fingerprint density at radius 2 is 1.39 bits per heavy atom. The second-order valence-corrected chi connectivity index (χ2v) is 11.4. The number of nitrogens with zero attached hydrogens (tertiary/aromatic N) is 3. The number of hydrogen-bond acceptors (Lipinski definition) is 12. The molecule has 0 unspecified atom stereocenters. The molecule has 0 aliphatic rings. The number of aromatic nitrogens is 3. The number of benzene rings is 2. The van der Waals surface area contributed by atoms with Crippen LogP contribution in [0.5, 0.6) is 5.75 Å².